The molecule has 1 aliphatic carbocycles. The summed E-state index contributed by atoms with van der Waals surface area (Å²) >= 11 is 0. The van der Waals surface area contributed by atoms with Crippen LogP contribution in [-0.4, -0.2) is 9.38 Å². The average Bonchev–Trinajstić information content (AvgIpc) is 3.58. The highest BCUT2D eigenvalue weighted by Crippen LogP contribution is 2.48. The molecule has 2 nitrogen and oxygen atoms in total. The summed E-state index contributed by atoms with van der Waals surface area (Å²) < 4.78 is 2.65. The normalized spacial score (nSPS) is 15.7. The van der Waals surface area contributed by atoms with Gasteiger partial charge in [0.1, 0.15) is 0 Å². The van der Waals surface area contributed by atoms with E-state index < -0.39 is 0 Å². The zero-order chi connectivity index (χ0) is 28.3. The third kappa shape index (κ3) is 3.65. The Balaban J connectivity index is 1.67. The standard InChI is InChI=1S/C39H40N2/c1-38(2,3)22-31-27-16-15-26(39(4,5)6)19-25(27)21-30-35-33-24(17-18-40-35)20-29(23-11-7-8-12-23)34-28-13-9-10-14-32(28)41(36(30)31)37(33)34/h9-10,13-21,23H,7-8,11-12,22H2,1-6H3. The fraction of sp³-hybridized carbons (Fsp3) is 0.359. The van der Waals surface area contributed by atoms with Crippen LogP contribution in [0.5, 0.6) is 0 Å². The number of hydrogen-bond donors (Lipinski definition) is 0. The van der Waals surface area contributed by atoms with Gasteiger partial charge in [0.05, 0.1) is 22.1 Å². The van der Waals surface area contributed by atoms with E-state index in [-0.39, 0.29) is 10.8 Å². The number of aromatic nitrogens is 2. The Bertz CT molecular complexity index is 2140. The first kappa shape index (κ1) is 25.1. The Labute approximate surface area is 242 Å². The van der Waals surface area contributed by atoms with Crippen LogP contribution < -0.4 is 0 Å². The summed E-state index contributed by atoms with van der Waals surface area (Å²) in [5.74, 6) is 0.637. The van der Waals surface area contributed by atoms with Gasteiger partial charge in [0, 0.05) is 27.7 Å². The molecule has 2 heteroatoms. The van der Waals surface area contributed by atoms with Gasteiger partial charge >= 0.3 is 0 Å². The number of pyridine rings is 2. The van der Waals surface area contributed by atoms with E-state index in [1.54, 1.807) is 5.56 Å². The summed E-state index contributed by atoms with van der Waals surface area (Å²) in [5.41, 5.74) is 9.80. The van der Waals surface area contributed by atoms with Gasteiger partial charge in [-0.2, -0.15) is 0 Å². The lowest BCUT2D eigenvalue weighted by Crippen LogP contribution is -2.13. The minimum Gasteiger partial charge on any atom is -0.308 e. The summed E-state index contributed by atoms with van der Waals surface area (Å²) in [7, 11) is 0. The zero-order valence-corrected chi connectivity index (χ0v) is 25.4. The monoisotopic (exact) mass is 536 g/mol. The van der Waals surface area contributed by atoms with Crippen molar-refractivity contribution in [3.05, 3.63) is 83.6 Å². The molecule has 0 spiro atoms. The quantitative estimate of drug-likeness (QED) is 0.159. The van der Waals surface area contributed by atoms with E-state index in [0.717, 1.165) is 11.9 Å². The molecule has 0 unspecified atom stereocenters. The van der Waals surface area contributed by atoms with Crippen LogP contribution in [0.15, 0.2) is 66.9 Å². The number of fused-ring (bicyclic) bond motifs is 7. The molecule has 0 radical (unpaired) electrons. The van der Waals surface area contributed by atoms with Gasteiger partial charge in [-0.3, -0.25) is 4.98 Å². The molecule has 7 aromatic rings. The van der Waals surface area contributed by atoms with E-state index in [1.165, 1.54) is 91.1 Å². The van der Waals surface area contributed by atoms with E-state index in [9.17, 15) is 0 Å². The highest BCUT2D eigenvalue weighted by Gasteiger charge is 2.28. The summed E-state index contributed by atoms with van der Waals surface area (Å²) in [4.78, 5) is 5.16. The highest BCUT2D eigenvalue weighted by molar-refractivity contribution is 6.29. The molecular weight excluding hydrogens is 496 g/mol. The van der Waals surface area contributed by atoms with Crippen LogP contribution in [0.1, 0.15) is 89.8 Å². The third-order valence-corrected chi connectivity index (χ3v) is 9.76. The van der Waals surface area contributed by atoms with Gasteiger partial charge in [-0.05, 0) is 93.1 Å². The second-order valence-corrected chi connectivity index (χ2v) is 15.0. The Morgan fingerprint density at radius 3 is 2.29 bits per heavy atom. The smallest absolute Gasteiger partial charge is 0.0823 e. The first-order chi connectivity index (χ1) is 19.6. The maximum atomic E-state index is 5.16. The second kappa shape index (κ2) is 8.44. The fourth-order valence-corrected chi connectivity index (χ4v) is 7.93. The Morgan fingerprint density at radius 1 is 0.756 bits per heavy atom. The molecule has 1 saturated carbocycles. The van der Waals surface area contributed by atoms with Crippen molar-refractivity contribution in [1.29, 1.82) is 0 Å². The predicted molar refractivity (Wildman–Crippen MR) is 177 cm³/mol. The third-order valence-electron chi connectivity index (χ3n) is 9.76. The lowest BCUT2D eigenvalue weighted by molar-refractivity contribution is 0.413. The fourth-order valence-electron chi connectivity index (χ4n) is 7.93. The van der Waals surface area contributed by atoms with Crippen LogP contribution in [0.25, 0.3) is 59.8 Å². The van der Waals surface area contributed by atoms with Crippen molar-refractivity contribution in [1.82, 2.24) is 9.38 Å². The van der Waals surface area contributed by atoms with Crippen LogP contribution >= 0.6 is 0 Å². The van der Waals surface area contributed by atoms with Crippen LogP contribution in [-0.2, 0) is 11.8 Å². The first-order valence-corrected chi connectivity index (χ1v) is 15.6. The SMILES string of the molecule is CC(C)(C)Cc1c2ccc(C(C)(C)C)cc2cc2c3nccc4cc(C5CCCC5)c5c6ccccc6n(c12)c5c43. The molecule has 0 amide bonds. The van der Waals surface area contributed by atoms with Crippen molar-refractivity contribution in [2.24, 2.45) is 5.41 Å². The molecule has 0 N–H and O–H groups in total. The van der Waals surface area contributed by atoms with E-state index in [2.05, 4.69) is 107 Å². The summed E-state index contributed by atoms with van der Waals surface area (Å²) in [6, 6.07) is 23.6. The van der Waals surface area contributed by atoms with Gasteiger partial charge in [0.2, 0.25) is 0 Å². The van der Waals surface area contributed by atoms with Crippen LogP contribution in [0.4, 0.5) is 0 Å². The molecule has 0 bridgehead atoms. The summed E-state index contributed by atoms with van der Waals surface area (Å²) in [6.07, 6.45) is 8.32. The lowest BCUT2D eigenvalue weighted by atomic mass is 9.82. The molecule has 41 heavy (non-hydrogen) atoms. The van der Waals surface area contributed by atoms with Crippen molar-refractivity contribution in [3.8, 4) is 0 Å². The Hall–Kier alpha value is -3.65. The average molecular weight is 537 g/mol. The summed E-state index contributed by atoms with van der Waals surface area (Å²) in [5, 5.41) is 9.48. The molecule has 8 rings (SSSR count). The maximum Gasteiger partial charge on any atom is 0.0823 e. The number of rotatable bonds is 2. The predicted octanol–water partition coefficient (Wildman–Crippen LogP) is 11.1. The Kier molecular flexibility index (Phi) is 5.17. The highest BCUT2D eigenvalue weighted by atomic mass is 14.9. The minimum atomic E-state index is 0.0958. The van der Waals surface area contributed by atoms with Crippen LogP contribution in [0.3, 0.4) is 0 Å². The van der Waals surface area contributed by atoms with Crippen LogP contribution in [0.2, 0.25) is 0 Å². The van der Waals surface area contributed by atoms with Crippen molar-refractivity contribution < 1.29 is 0 Å². The van der Waals surface area contributed by atoms with Gasteiger partial charge < -0.3 is 4.40 Å². The molecule has 0 aliphatic heterocycles. The summed E-state index contributed by atoms with van der Waals surface area (Å²) in [6.45, 7) is 14.1. The second-order valence-electron chi connectivity index (χ2n) is 15.0. The molecule has 0 saturated heterocycles. The van der Waals surface area contributed by atoms with Crippen LogP contribution in [0, 0.1) is 5.41 Å². The molecule has 1 aliphatic rings. The number of benzene rings is 4. The van der Waals surface area contributed by atoms with E-state index in [0.29, 0.717) is 5.92 Å². The van der Waals surface area contributed by atoms with Gasteiger partial charge in [0.15, 0.2) is 0 Å². The van der Waals surface area contributed by atoms with Crippen molar-refractivity contribution in [3.63, 3.8) is 0 Å². The molecule has 206 valence electrons. The largest absolute Gasteiger partial charge is 0.308 e. The van der Waals surface area contributed by atoms with Gasteiger partial charge in [-0.1, -0.05) is 90.8 Å². The van der Waals surface area contributed by atoms with Crippen molar-refractivity contribution in [2.75, 3.05) is 0 Å². The van der Waals surface area contributed by atoms with Crippen molar-refractivity contribution >= 4 is 59.8 Å². The van der Waals surface area contributed by atoms with Gasteiger partial charge in [-0.15, -0.1) is 0 Å². The maximum absolute atomic E-state index is 5.16. The number of hydrogen-bond acceptors (Lipinski definition) is 1. The zero-order valence-electron chi connectivity index (χ0n) is 25.4. The molecule has 3 aromatic heterocycles. The lowest BCUT2D eigenvalue weighted by Gasteiger charge is -2.25. The number of nitrogens with zero attached hydrogens (tertiary/aromatic N) is 2. The van der Waals surface area contributed by atoms with Crippen molar-refractivity contribution in [2.45, 2.75) is 85.0 Å². The Morgan fingerprint density at radius 2 is 1.54 bits per heavy atom. The molecular formula is C39H40N2. The molecule has 3 heterocycles. The van der Waals surface area contributed by atoms with Gasteiger partial charge in [-0.25, -0.2) is 0 Å². The molecule has 0 atom stereocenters. The van der Waals surface area contributed by atoms with E-state index >= 15 is 0 Å². The number of para-hydroxylation sites is 1. The van der Waals surface area contributed by atoms with E-state index in [1.807, 2.05) is 6.20 Å². The van der Waals surface area contributed by atoms with E-state index in [4.69, 9.17) is 4.98 Å². The first-order valence-electron chi connectivity index (χ1n) is 15.6. The van der Waals surface area contributed by atoms with Gasteiger partial charge in [0.25, 0.3) is 0 Å². The molecule has 4 aromatic carbocycles. The topological polar surface area (TPSA) is 17.3 Å². The minimum absolute atomic E-state index is 0.0958. The molecule has 1 fully saturated rings.